The van der Waals surface area contributed by atoms with Crippen molar-refractivity contribution < 1.29 is 14.6 Å². The minimum absolute atomic E-state index is 0.164. The lowest BCUT2D eigenvalue weighted by molar-refractivity contribution is -0.0630. The molecule has 1 aliphatic heterocycles. The molecular formula is C9H11ClN2O4. The zero-order chi connectivity index (χ0) is 11.5. The molecule has 0 aliphatic carbocycles. The van der Waals surface area contributed by atoms with Crippen molar-refractivity contribution in [1.29, 1.82) is 0 Å². The number of aliphatic hydroxyl groups is 1. The van der Waals surface area contributed by atoms with Gasteiger partial charge < -0.3 is 14.6 Å². The van der Waals surface area contributed by atoms with E-state index in [1.165, 1.54) is 6.07 Å². The molecule has 0 aromatic carbocycles. The third-order valence-corrected chi connectivity index (χ3v) is 2.54. The topological polar surface area (TPSA) is 73.6 Å². The molecule has 2 atom stereocenters. The molecular weight excluding hydrogens is 236 g/mol. The summed E-state index contributed by atoms with van der Waals surface area (Å²) in [4.78, 5) is 14.6. The molecule has 0 radical (unpaired) electrons. The quantitative estimate of drug-likeness (QED) is 0.742. The Bertz CT molecular complexity index is 418. The van der Waals surface area contributed by atoms with Crippen LogP contribution in [-0.2, 0) is 4.74 Å². The van der Waals surface area contributed by atoms with Crippen LogP contribution in [0.2, 0.25) is 0 Å². The van der Waals surface area contributed by atoms with E-state index in [1.54, 1.807) is 10.8 Å². The summed E-state index contributed by atoms with van der Waals surface area (Å²) in [5, 5.41) is 8.95. The van der Waals surface area contributed by atoms with E-state index >= 15 is 0 Å². The average Bonchev–Trinajstić information content (AvgIpc) is 2.68. The summed E-state index contributed by atoms with van der Waals surface area (Å²) in [5.74, 6) is 0.190. The van der Waals surface area contributed by atoms with E-state index in [4.69, 9.17) is 26.2 Å². The molecule has 7 heteroatoms. The third kappa shape index (κ3) is 2.18. The molecule has 2 heterocycles. The van der Waals surface area contributed by atoms with Crippen molar-refractivity contribution >= 4 is 11.6 Å². The zero-order valence-corrected chi connectivity index (χ0v) is 9.13. The van der Waals surface area contributed by atoms with Crippen LogP contribution in [0.5, 0.6) is 6.01 Å². The number of nitrogens with zero attached hydrogens (tertiary/aromatic N) is 2. The molecule has 6 nitrogen and oxygen atoms in total. The number of aromatic nitrogens is 2. The van der Waals surface area contributed by atoms with Gasteiger partial charge >= 0.3 is 6.01 Å². The van der Waals surface area contributed by atoms with Gasteiger partial charge in [-0.2, -0.15) is 4.98 Å². The molecule has 0 fully saturated rings. The second-order valence-corrected chi connectivity index (χ2v) is 3.62. The summed E-state index contributed by atoms with van der Waals surface area (Å²) in [5.41, 5.74) is -0.358. The Morgan fingerprint density at radius 2 is 2.62 bits per heavy atom. The molecule has 0 saturated carbocycles. The molecule has 1 aromatic heterocycles. The molecule has 1 aromatic rings. The predicted molar refractivity (Wildman–Crippen MR) is 55.7 cm³/mol. The van der Waals surface area contributed by atoms with E-state index in [9.17, 15) is 4.79 Å². The van der Waals surface area contributed by atoms with Gasteiger partial charge in [0, 0.05) is 12.3 Å². The smallest absolute Gasteiger partial charge is 0.302 e. The number of rotatable bonds is 4. The predicted octanol–water partition coefficient (Wildman–Crippen LogP) is -0.249. The van der Waals surface area contributed by atoms with Crippen LogP contribution in [0.15, 0.2) is 17.1 Å². The summed E-state index contributed by atoms with van der Waals surface area (Å²) >= 11 is 5.60. The number of fused-ring (bicyclic) bond motifs is 1. The number of halogens is 1. The second-order valence-electron chi connectivity index (χ2n) is 3.32. The van der Waals surface area contributed by atoms with Crippen LogP contribution >= 0.6 is 11.6 Å². The molecule has 0 amide bonds. The maximum atomic E-state index is 11.0. The normalized spacial score (nSPS) is 20.2. The van der Waals surface area contributed by atoms with Gasteiger partial charge in [-0.25, -0.2) is 0 Å². The van der Waals surface area contributed by atoms with E-state index in [2.05, 4.69) is 4.98 Å². The third-order valence-electron chi connectivity index (χ3n) is 2.19. The number of alkyl halides is 1. The van der Waals surface area contributed by atoms with Gasteiger partial charge in [0.1, 0.15) is 6.61 Å². The molecule has 0 bridgehead atoms. The fourth-order valence-electron chi connectivity index (χ4n) is 1.40. The second kappa shape index (κ2) is 4.82. The van der Waals surface area contributed by atoms with Gasteiger partial charge in [0.05, 0.1) is 18.6 Å². The lowest BCUT2D eigenvalue weighted by Gasteiger charge is -2.18. The first-order valence-corrected chi connectivity index (χ1v) is 5.32. The summed E-state index contributed by atoms with van der Waals surface area (Å²) in [6.45, 7) is 0.0901. The van der Waals surface area contributed by atoms with Crippen LogP contribution in [0, 0.1) is 0 Å². The van der Waals surface area contributed by atoms with E-state index in [0.717, 1.165) is 0 Å². The van der Waals surface area contributed by atoms with Crippen LogP contribution in [-0.4, -0.2) is 39.9 Å². The van der Waals surface area contributed by atoms with Gasteiger partial charge in [0.15, 0.2) is 6.23 Å². The number of ether oxygens (including phenoxy) is 2. The molecule has 0 spiro atoms. The van der Waals surface area contributed by atoms with Gasteiger partial charge in [0.2, 0.25) is 0 Å². The van der Waals surface area contributed by atoms with Crippen LogP contribution in [0.25, 0.3) is 0 Å². The summed E-state index contributed by atoms with van der Waals surface area (Å²) in [6, 6.07) is 1.55. The van der Waals surface area contributed by atoms with Gasteiger partial charge in [-0.1, -0.05) is 0 Å². The lowest BCUT2D eigenvalue weighted by atomic mass is 10.4. The summed E-state index contributed by atoms with van der Waals surface area (Å²) in [6.07, 6.45) is 0.685. The molecule has 2 rings (SSSR count). The molecule has 1 aliphatic rings. The van der Waals surface area contributed by atoms with Gasteiger partial charge in [-0.15, -0.1) is 11.6 Å². The molecule has 16 heavy (non-hydrogen) atoms. The van der Waals surface area contributed by atoms with E-state index < -0.39 is 12.3 Å². The van der Waals surface area contributed by atoms with E-state index in [1.807, 2.05) is 0 Å². The molecule has 88 valence electrons. The first kappa shape index (κ1) is 11.4. The molecule has 0 saturated heterocycles. The van der Waals surface area contributed by atoms with Crippen LogP contribution in [0.1, 0.15) is 6.23 Å². The van der Waals surface area contributed by atoms with Crippen molar-refractivity contribution in [3.8, 4) is 6.01 Å². The Kier molecular flexibility index (Phi) is 3.42. The standard InChI is InChI=1S/C9H11ClN2O4/c10-3-6(4-13)16-8-5-15-9-11-7(14)1-2-12(8)9/h1-2,6,8,13H,3-5H2. The fourth-order valence-corrected chi connectivity index (χ4v) is 1.57. The van der Waals surface area contributed by atoms with Crippen molar-refractivity contribution in [2.45, 2.75) is 12.3 Å². The van der Waals surface area contributed by atoms with Crippen molar-refractivity contribution in [3.05, 3.63) is 22.6 Å². The Labute approximate surface area is 96.4 Å². The first-order valence-electron chi connectivity index (χ1n) is 4.79. The molecule has 1 N–H and O–H groups in total. The van der Waals surface area contributed by atoms with Crippen molar-refractivity contribution in [2.24, 2.45) is 0 Å². The first-order chi connectivity index (χ1) is 7.74. The Balaban J connectivity index is 2.14. The minimum Gasteiger partial charge on any atom is -0.460 e. The number of aliphatic hydroxyl groups excluding tert-OH is 1. The van der Waals surface area contributed by atoms with E-state index in [0.29, 0.717) is 0 Å². The van der Waals surface area contributed by atoms with Gasteiger partial charge in [0.25, 0.3) is 5.56 Å². The fraction of sp³-hybridized carbons (Fsp3) is 0.556. The van der Waals surface area contributed by atoms with Gasteiger partial charge in [-0.05, 0) is 0 Å². The molecule has 2 unspecified atom stereocenters. The SMILES string of the molecule is O=c1ccn2c(n1)OCC2OC(CO)CCl. The highest BCUT2D eigenvalue weighted by molar-refractivity contribution is 6.18. The summed E-state index contributed by atoms with van der Waals surface area (Å²) in [7, 11) is 0. The van der Waals surface area contributed by atoms with Crippen LogP contribution in [0.3, 0.4) is 0 Å². The van der Waals surface area contributed by atoms with Crippen LogP contribution in [0.4, 0.5) is 0 Å². The minimum atomic E-state index is -0.458. The van der Waals surface area contributed by atoms with E-state index in [-0.39, 0.29) is 30.7 Å². The highest BCUT2D eigenvalue weighted by Gasteiger charge is 2.26. The van der Waals surface area contributed by atoms with Crippen molar-refractivity contribution in [1.82, 2.24) is 9.55 Å². The van der Waals surface area contributed by atoms with Gasteiger partial charge in [-0.3, -0.25) is 9.36 Å². The zero-order valence-electron chi connectivity index (χ0n) is 8.38. The highest BCUT2D eigenvalue weighted by atomic mass is 35.5. The van der Waals surface area contributed by atoms with Crippen LogP contribution < -0.4 is 10.3 Å². The summed E-state index contributed by atoms with van der Waals surface area (Å²) < 4.78 is 12.3. The highest BCUT2D eigenvalue weighted by Crippen LogP contribution is 2.24. The largest absolute Gasteiger partial charge is 0.460 e. The van der Waals surface area contributed by atoms with Crippen molar-refractivity contribution in [3.63, 3.8) is 0 Å². The maximum absolute atomic E-state index is 11.0. The average molecular weight is 247 g/mol. The Hall–Kier alpha value is -1.11. The lowest BCUT2D eigenvalue weighted by Crippen LogP contribution is -2.25. The number of hydrogen-bond acceptors (Lipinski definition) is 5. The van der Waals surface area contributed by atoms with Crippen molar-refractivity contribution in [2.75, 3.05) is 19.1 Å². The number of hydrogen-bond donors (Lipinski definition) is 1. The monoisotopic (exact) mass is 246 g/mol. The maximum Gasteiger partial charge on any atom is 0.302 e. The Morgan fingerprint density at radius 1 is 1.81 bits per heavy atom. The Morgan fingerprint density at radius 3 is 3.31 bits per heavy atom.